The van der Waals surface area contributed by atoms with E-state index in [1.807, 2.05) is 0 Å². The van der Waals surface area contributed by atoms with Crippen LogP contribution in [0.25, 0.3) is 0 Å². The van der Waals surface area contributed by atoms with Crippen molar-refractivity contribution < 1.29 is 0 Å². The highest BCUT2D eigenvalue weighted by molar-refractivity contribution is 5.79. The Balaban J connectivity index is 1.95. The molecule has 2 aliphatic rings. The van der Waals surface area contributed by atoms with Crippen molar-refractivity contribution in [1.29, 1.82) is 0 Å². The molecular formula is C14H28N4. The van der Waals surface area contributed by atoms with Crippen LogP contribution < -0.4 is 11.3 Å². The molecule has 0 aromatic rings. The van der Waals surface area contributed by atoms with Crippen LogP contribution in [0.2, 0.25) is 0 Å². The number of hydrogen-bond acceptors (Lipinski definition) is 2. The average molecular weight is 252 g/mol. The first-order valence-corrected chi connectivity index (χ1v) is 7.59. The summed E-state index contributed by atoms with van der Waals surface area (Å²) in [4.78, 5) is 7.20. The maximum atomic E-state index is 5.68. The van der Waals surface area contributed by atoms with E-state index >= 15 is 0 Å². The molecule has 0 aromatic heterocycles. The van der Waals surface area contributed by atoms with Gasteiger partial charge in [-0.15, -0.1) is 0 Å². The molecular weight excluding hydrogens is 224 g/mol. The Morgan fingerprint density at radius 3 is 2.56 bits per heavy atom. The molecule has 2 rings (SSSR count). The fraction of sp³-hybridized carbons (Fsp3) is 0.929. The Labute approximate surface area is 111 Å². The number of hydrazine groups is 1. The summed E-state index contributed by atoms with van der Waals surface area (Å²) in [7, 11) is 0. The molecule has 0 bridgehead atoms. The smallest absolute Gasteiger partial charge is 0.208 e. The molecule has 0 aromatic carbocycles. The molecule has 1 atom stereocenters. The summed E-state index contributed by atoms with van der Waals surface area (Å²) in [6, 6.07) is 0.491. The molecule has 1 aliphatic carbocycles. The zero-order valence-electron chi connectivity index (χ0n) is 11.7. The number of aliphatic imine (C=N–C) groups is 1. The van der Waals surface area contributed by atoms with Gasteiger partial charge in [-0.3, -0.25) is 5.43 Å². The number of nitrogens with two attached hydrogens (primary N) is 1. The second-order valence-electron chi connectivity index (χ2n) is 5.91. The predicted molar refractivity (Wildman–Crippen MR) is 76.2 cm³/mol. The highest BCUT2D eigenvalue weighted by Gasteiger charge is 2.19. The Hall–Kier alpha value is -0.770. The summed E-state index contributed by atoms with van der Waals surface area (Å²) in [5.41, 5.74) is 2.84. The highest BCUT2D eigenvalue weighted by atomic mass is 15.4. The topological polar surface area (TPSA) is 53.6 Å². The first-order chi connectivity index (χ1) is 8.79. The summed E-state index contributed by atoms with van der Waals surface area (Å²) < 4.78 is 0. The number of nitrogens with zero attached hydrogens (tertiary/aromatic N) is 2. The monoisotopic (exact) mass is 252 g/mol. The van der Waals surface area contributed by atoms with Crippen LogP contribution in [0.1, 0.15) is 58.3 Å². The third-order valence-corrected chi connectivity index (χ3v) is 4.32. The van der Waals surface area contributed by atoms with Crippen molar-refractivity contribution in [2.45, 2.75) is 64.3 Å². The van der Waals surface area contributed by atoms with E-state index in [2.05, 4.69) is 17.2 Å². The number of hydrogen-bond donors (Lipinski definition) is 2. The number of nitrogens with one attached hydrogen (secondary N) is 1. The van der Waals surface area contributed by atoms with E-state index in [0.29, 0.717) is 6.04 Å². The van der Waals surface area contributed by atoms with Gasteiger partial charge in [0.15, 0.2) is 0 Å². The van der Waals surface area contributed by atoms with Crippen molar-refractivity contribution in [1.82, 2.24) is 10.3 Å². The van der Waals surface area contributed by atoms with Gasteiger partial charge in [0.2, 0.25) is 5.96 Å². The van der Waals surface area contributed by atoms with E-state index in [0.717, 1.165) is 25.0 Å². The molecule has 18 heavy (non-hydrogen) atoms. The van der Waals surface area contributed by atoms with E-state index in [1.54, 1.807) is 0 Å². The summed E-state index contributed by atoms with van der Waals surface area (Å²) in [5, 5.41) is 0. The fourth-order valence-electron chi connectivity index (χ4n) is 3.07. The van der Waals surface area contributed by atoms with E-state index in [-0.39, 0.29) is 0 Å². The number of rotatable bonds is 1. The van der Waals surface area contributed by atoms with Crippen molar-refractivity contribution in [2.24, 2.45) is 16.8 Å². The first kappa shape index (κ1) is 13.7. The molecule has 0 amide bonds. The summed E-state index contributed by atoms with van der Waals surface area (Å²) in [5.74, 6) is 7.45. The van der Waals surface area contributed by atoms with Gasteiger partial charge < -0.3 is 4.90 Å². The second-order valence-corrected chi connectivity index (χ2v) is 5.91. The third kappa shape index (κ3) is 3.87. The molecule has 4 heteroatoms. The molecule has 1 aliphatic heterocycles. The Bertz CT molecular complexity index is 271. The normalized spacial score (nSPS) is 28.0. The molecule has 1 saturated carbocycles. The van der Waals surface area contributed by atoms with Gasteiger partial charge in [-0.05, 0) is 38.0 Å². The average Bonchev–Trinajstić information content (AvgIpc) is 2.62. The van der Waals surface area contributed by atoms with Crippen LogP contribution in [-0.4, -0.2) is 30.0 Å². The predicted octanol–water partition coefficient (Wildman–Crippen LogP) is 2.26. The Morgan fingerprint density at radius 1 is 1.06 bits per heavy atom. The minimum Gasteiger partial charge on any atom is -0.342 e. The standard InChI is InChI=1S/C14H28N4/c1-12-6-5-10-18(11-9-12)14(17-15)16-13-7-3-2-4-8-13/h12-13H,2-11,15H2,1H3,(H,16,17). The van der Waals surface area contributed by atoms with E-state index in [9.17, 15) is 0 Å². The van der Waals surface area contributed by atoms with E-state index in [1.165, 1.54) is 51.4 Å². The number of likely N-dealkylation sites (tertiary alicyclic amines) is 1. The van der Waals surface area contributed by atoms with Gasteiger partial charge in [0.1, 0.15) is 0 Å². The molecule has 2 fully saturated rings. The lowest BCUT2D eigenvalue weighted by molar-refractivity contribution is 0.393. The van der Waals surface area contributed by atoms with Gasteiger partial charge in [0.05, 0.1) is 6.04 Å². The van der Waals surface area contributed by atoms with Gasteiger partial charge in [-0.2, -0.15) is 0 Å². The minimum absolute atomic E-state index is 0.491. The van der Waals surface area contributed by atoms with Crippen LogP contribution in [0.5, 0.6) is 0 Å². The fourth-order valence-corrected chi connectivity index (χ4v) is 3.07. The Kier molecular flexibility index (Phi) is 5.29. The molecule has 0 radical (unpaired) electrons. The van der Waals surface area contributed by atoms with E-state index < -0.39 is 0 Å². The van der Waals surface area contributed by atoms with Crippen molar-refractivity contribution in [3.05, 3.63) is 0 Å². The molecule has 0 spiro atoms. The first-order valence-electron chi connectivity index (χ1n) is 7.59. The summed E-state index contributed by atoms with van der Waals surface area (Å²) >= 11 is 0. The maximum absolute atomic E-state index is 5.68. The zero-order chi connectivity index (χ0) is 12.8. The quantitative estimate of drug-likeness (QED) is 0.326. The molecule has 1 saturated heterocycles. The van der Waals surface area contributed by atoms with Crippen LogP contribution >= 0.6 is 0 Å². The zero-order valence-corrected chi connectivity index (χ0v) is 11.7. The van der Waals surface area contributed by atoms with Gasteiger partial charge >= 0.3 is 0 Å². The second kappa shape index (κ2) is 6.98. The Morgan fingerprint density at radius 2 is 1.83 bits per heavy atom. The SMILES string of the molecule is CC1CCCN(C(=NC2CCCCC2)NN)CC1. The molecule has 1 heterocycles. The summed E-state index contributed by atoms with van der Waals surface area (Å²) in [6.45, 7) is 4.54. The lowest BCUT2D eigenvalue weighted by Crippen LogP contribution is -2.46. The van der Waals surface area contributed by atoms with Gasteiger partial charge in [0, 0.05) is 13.1 Å². The largest absolute Gasteiger partial charge is 0.342 e. The van der Waals surface area contributed by atoms with Gasteiger partial charge in [0.25, 0.3) is 0 Å². The van der Waals surface area contributed by atoms with Crippen LogP contribution in [0.15, 0.2) is 4.99 Å². The minimum atomic E-state index is 0.491. The van der Waals surface area contributed by atoms with Crippen molar-refractivity contribution in [3.63, 3.8) is 0 Å². The molecule has 1 unspecified atom stereocenters. The maximum Gasteiger partial charge on any atom is 0.208 e. The van der Waals surface area contributed by atoms with Crippen molar-refractivity contribution in [2.75, 3.05) is 13.1 Å². The number of guanidine groups is 1. The molecule has 3 N–H and O–H groups in total. The van der Waals surface area contributed by atoms with E-state index in [4.69, 9.17) is 10.8 Å². The third-order valence-electron chi connectivity index (χ3n) is 4.32. The van der Waals surface area contributed by atoms with Crippen LogP contribution in [0.3, 0.4) is 0 Å². The molecule has 104 valence electrons. The highest BCUT2D eigenvalue weighted by Crippen LogP contribution is 2.21. The van der Waals surface area contributed by atoms with Crippen molar-refractivity contribution in [3.8, 4) is 0 Å². The lowest BCUT2D eigenvalue weighted by Gasteiger charge is -2.26. The van der Waals surface area contributed by atoms with Crippen molar-refractivity contribution >= 4 is 5.96 Å². The van der Waals surface area contributed by atoms with Crippen LogP contribution in [0, 0.1) is 5.92 Å². The molecule has 4 nitrogen and oxygen atoms in total. The van der Waals surface area contributed by atoms with Crippen LogP contribution in [-0.2, 0) is 0 Å². The van der Waals surface area contributed by atoms with Crippen LogP contribution in [0.4, 0.5) is 0 Å². The summed E-state index contributed by atoms with van der Waals surface area (Å²) in [6.07, 6.45) is 10.3. The van der Waals surface area contributed by atoms with Gasteiger partial charge in [-0.25, -0.2) is 10.8 Å². The lowest BCUT2D eigenvalue weighted by atomic mass is 9.96. The van der Waals surface area contributed by atoms with Gasteiger partial charge in [-0.1, -0.05) is 26.2 Å².